The molecule has 1 saturated carbocycles. The fraction of sp³-hybridized carbons (Fsp3) is 1.00. The van der Waals surface area contributed by atoms with Crippen molar-refractivity contribution in [3.63, 3.8) is 0 Å². The first-order chi connectivity index (χ1) is 7.88. The SMILES string of the molecule is CCC1CCC(NCC2CNCCO2)CC1. The van der Waals surface area contributed by atoms with Crippen LogP contribution in [0.4, 0.5) is 0 Å². The maximum Gasteiger partial charge on any atom is 0.0824 e. The molecule has 2 aliphatic rings. The number of hydrogen-bond acceptors (Lipinski definition) is 3. The maximum absolute atomic E-state index is 5.69. The maximum atomic E-state index is 5.69. The Balaban J connectivity index is 1.59. The first-order valence-electron chi connectivity index (χ1n) is 6.94. The standard InChI is InChI=1S/C13H26N2O/c1-2-11-3-5-12(6-4-11)15-10-13-9-14-7-8-16-13/h11-15H,2-10H2,1H3. The van der Waals surface area contributed by atoms with Gasteiger partial charge >= 0.3 is 0 Å². The van der Waals surface area contributed by atoms with Crippen molar-refractivity contribution in [1.29, 1.82) is 0 Å². The molecule has 0 spiro atoms. The molecule has 0 aromatic carbocycles. The summed E-state index contributed by atoms with van der Waals surface area (Å²) >= 11 is 0. The largest absolute Gasteiger partial charge is 0.374 e. The Labute approximate surface area is 99.3 Å². The van der Waals surface area contributed by atoms with Crippen LogP contribution >= 0.6 is 0 Å². The molecule has 0 aromatic rings. The van der Waals surface area contributed by atoms with E-state index in [-0.39, 0.29) is 0 Å². The third-order valence-electron chi connectivity index (χ3n) is 4.06. The molecule has 3 heteroatoms. The molecule has 2 rings (SSSR count). The van der Waals surface area contributed by atoms with E-state index in [0.29, 0.717) is 6.10 Å². The number of nitrogens with one attached hydrogen (secondary N) is 2. The van der Waals surface area contributed by atoms with Crippen LogP contribution in [0.5, 0.6) is 0 Å². The van der Waals surface area contributed by atoms with Crippen LogP contribution in [-0.4, -0.2) is 38.4 Å². The number of hydrogen-bond donors (Lipinski definition) is 2. The zero-order valence-corrected chi connectivity index (χ0v) is 10.5. The summed E-state index contributed by atoms with van der Waals surface area (Å²) in [6.45, 7) is 6.23. The Hall–Kier alpha value is -0.120. The van der Waals surface area contributed by atoms with Gasteiger partial charge in [-0.05, 0) is 31.6 Å². The molecule has 0 amide bonds. The molecule has 3 nitrogen and oxygen atoms in total. The van der Waals surface area contributed by atoms with Crippen LogP contribution in [-0.2, 0) is 4.74 Å². The highest BCUT2D eigenvalue weighted by atomic mass is 16.5. The van der Waals surface area contributed by atoms with Crippen LogP contribution in [0.25, 0.3) is 0 Å². The molecule has 1 heterocycles. The summed E-state index contributed by atoms with van der Waals surface area (Å²) in [7, 11) is 0. The molecular weight excluding hydrogens is 200 g/mol. The fourth-order valence-electron chi connectivity index (χ4n) is 2.82. The van der Waals surface area contributed by atoms with Gasteiger partial charge in [-0.25, -0.2) is 0 Å². The van der Waals surface area contributed by atoms with Crippen LogP contribution in [0, 0.1) is 5.92 Å². The Morgan fingerprint density at radius 1 is 1.25 bits per heavy atom. The third-order valence-corrected chi connectivity index (χ3v) is 4.06. The van der Waals surface area contributed by atoms with Gasteiger partial charge in [-0.1, -0.05) is 13.3 Å². The Kier molecular flexibility index (Phi) is 5.07. The second kappa shape index (κ2) is 6.58. The van der Waals surface area contributed by atoms with E-state index in [2.05, 4.69) is 17.6 Å². The fourth-order valence-corrected chi connectivity index (χ4v) is 2.82. The Bertz CT molecular complexity index is 184. The first kappa shape index (κ1) is 12.3. The average molecular weight is 226 g/mol. The van der Waals surface area contributed by atoms with Crippen molar-refractivity contribution >= 4 is 0 Å². The lowest BCUT2D eigenvalue weighted by Crippen LogP contribution is -2.46. The molecule has 2 N–H and O–H groups in total. The molecule has 0 aromatic heterocycles. The molecule has 1 unspecified atom stereocenters. The van der Waals surface area contributed by atoms with Crippen LogP contribution in [0.2, 0.25) is 0 Å². The molecule has 2 fully saturated rings. The van der Waals surface area contributed by atoms with Crippen LogP contribution in [0.15, 0.2) is 0 Å². The van der Waals surface area contributed by atoms with Crippen molar-refractivity contribution in [2.45, 2.75) is 51.2 Å². The molecule has 1 saturated heterocycles. The highest BCUT2D eigenvalue weighted by Gasteiger charge is 2.21. The van der Waals surface area contributed by atoms with Crippen molar-refractivity contribution in [1.82, 2.24) is 10.6 Å². The van der Waals surface area contributed by atoms with Crippen LogP contribution < -0.4 is 10.6 Å². The smallest absolute Gasteiger partial charge is 0.0824 e. The minimum absolute atomic E-state index is 0.387. The van der Waals surface area contributed by atoms with Gasteiger partial charge in [0.2, 0.25) is 0 Å². The molecule has 0 bridgehead atoms. The van der Waals surface area contributed by atoms with Gasteiger partial charge in [-0.2, -0.15) is 0 Å². The van der Waals surface area contributed by atoms with Crippen molar-refractivity contribution in [3.8, 4) is 0 Å². The molecule has 1 aliphatic heterocycles. The van der Waals surface area contributed by atoms with Gasteiger partial charge in [0.15, 0.2) is 0 Å². The summed E-state index contributed by atoms with van der Waals surface area (Å²) in [5, 5.41) is 7.04. The molecule has 16 heavy (non-hydrogen) atoms. The Morgan fingerprint density at radius 2 is 2.06 bits per heavy atom. The van der Waals surface area contributed by atoms with Crippen molar-refractivity contribution < 1.29 is 4.74 Å². The lowest BCUT2D eigenvalue weighted by Gasteiger charge is -2.31. The molecule has 1 aliphatic carbocycles. The quantitative estimate of drug-likeness (QED) is 0.763. The predicted molar refractivity (Wildman–Crippen MR) is 66.6 cm³/mol. The topological polar surface area (TPSA) is 33.3 Å². The zero-order valence-electron chi connectivity index (χ0n) is 10.5. The minimum Gasteiger partial charge on any atom is -0.374 e. The van der Waals surface area contributed by atoms with E-state index in [1.165, 1.54) is 32.1 Å². The van der Waals surface area contributed by atoms with E-state index in [0.717, 1.165) is 38.2 Å². The second-order valence-electron chi connectivity index (χ2n) is 5.23. The number of ether oxygens (including phenoxy) is 1. The average Bonchev–Trinajstić information content (AvgIpc) is 2.38. The van der Waals surface area contributed by atoms with E-state index < -0.39 is 0 Å². The molecule has 94 valence electrons. The van der Waals surface area contributed by atoms with E-state index in [1.54, 1.807) is 0 Å². The van der Waals surface area contributed by atoms with E-state index >= 15 is 0 Å². The highest BCUT2D eigenvalue weighted by Crippen LogP contribution is 2.26. The lowest BCUT2D eigenvalue weighted by atomic mass is 9.84. The van der Waals surface area contributed by atoms with Gasteiger partial charge in [0, 0.05) is 25.7 Å². The first-order valence-corrected chi connectivity index (χ1v) is 6.94. The number of morpholine rings is 1. The van der Waals surface area contributed by atoms with Gasteiger partial charge < -0.3 is 15.4 Å². The van der Waals surface area contributed by atoms with Gasteiger partial charge in [0.05, 0.1) is 12.7 Å². The summed E-state index contributed by atoms with van der Waals surface area (Å²) < 4.78 is 5.69. The van der Waals surface area contributed by atoms with Gasteiger partial charge in [0.25, 0.3) is 0 Å². The minimum atomic E-state index is 0.387. The summed E-state index contributed by atoms with van der Waals surface area (Å²) in [4.78, 5) is 0. The number of rotatable bonds is 4. The van der Waals surface area contributed by atoms with Gasteiger partial charge in [-0.3, -0.25) is 0 Å². The van der Waals surface area contributed by atoms with E-state index in [9.17, 15) is 0 Å². The summed E-state index contributed by atoms with van der Waals surface area (Å²) in [6.07, 6.45) is 7.30. The van der Waals surface area contributed by atoms with E-state index in [1.807, 2.05) is 0 Å². The monoisotopic (exact) mass is 226 g/mol. The summed E-state index contributed by atoms with van der Waals surface area (Å²) in [5.74, 6) is 0.991. The zero-order chi connectivity index (χ0) is 11.2. The summed E-state index contributed by atoms with van der Waals surface area (Å²) in [6, 6.07) is 0.744. The molecule has 1 atom stereocenters. The normalized spacial score (nSPS) is 36.2. The lowest BCUT2D eigenvalue weighted by molar-refractivity contribution is 0.0264. The van der Waals surface area contributed by atoms with Crippen molar-refractivity contribution in [3.05, 3.63) is 0 Å². The van der Waals surface area contributed by atoms with E-state index in [4.69, 9.17) is 4.74 Å². The summed E-state index contributed by atoms with van der Waals surface area (Å²) in [5.41, 5.74) is 0. The van der Waals surface area contributed by atoms with Crippen LogP contribution in [0.3, 0.4) is 0 Å². The van der Waals surface area contributed by atoms with Crippen LogP contribution in [0.1, 0.15) is 39.0 Å². The third kappa shape index (κ3) is 3.72. The Morgan fingerprint density at radius 3 is 2.69 bits per heavy atom. The highest BCUT2D eigenvalue weighted by molar-refractivity contribution is 4.79. The molecule has 0 radical (unpaired) electrons. The van der Waals surface area contributed by atoms with Gasteiger partial charge in [0.1, 0.15) is 0 Å². The molecular formula is C13H26N2O. The van der Waals surface area contributed by atoms with Gasteiger partial charge in [-0.15, -0.1) is 0 Å². The predicted octanol–water partition coefficient (Wildman–Crippen LogP) is 1.53. The van der Waals surface area contributed by atoms with Crippen molar-refractivity contribution in [2.24, 2.45) is 5.92 Å². The second-order valence-corrected chi connectivity index (χ2v) is 5.23. The van der Waals surface area contributed by atoms with Crippen molar-refractivity contribution in [2.75, 3.05) is 26.2 Å².